The lowest BCUT2D eigenvalue weighted by atomic mass is 10.0. The van der Waals surface area contributed by atoms with Crippen molar-refractivity contribution < 1.29 is 9.53 Å². The van der Waals surface area contributed by atoms with Crippen LogP contribution in [-0.4, -0.2) is 55.0 Å². The van der Waals surface area contributed by atoms with Crippen LogP contribution >= 0.6 is 0 Å². The van der Waals surface area contributed by atoms with E-state index in [0.717, 1.165) is 17.9 Å². The highest BCUT2D eigenvalue weighted by molar-refractivity contribution is 5.80. The van der Waals surface area contributed by atoms with Gasteiger partial charge >= 0.3 is 0 Å². The van der Waals surface area contributed by atoms with E-state index in [-0.39, 0.29) is 24.0 Å². The number of carbonyl (C=O) groups is 1. The van der Waals surface area contributed by atoms with E-state index in [4.69, 9.17) is 10.5 Å². The van der Waals surface area contributed by atoms with Gasteiger partial charge in [-0.3, -0.25) is 4.79 Å². The summed E-state index contributed by atoms with van der Waals surface area (Å²) in [6.07, 6.45) is 0.361. The van der Waals surface area contributed by atoms with Crippen molar-refractivity contribution in [3.8, 4) is 5.75 Å². The number of rotatable bonds is 3. The van der Waals surface area contributed by atoms with Gasteiger partial charge in [0.1, 0.15) is 11.9 Å². The molecule has 1 aliphatic heterocycles. The summed E-state index contributed by atoms with van der Waals surface area (Å²) in [6.45, 7) is 7.79. The van der Waals surface area contributed by atoms with E-state index in [9.17, 15) is 4.79 Å². The maximum Gasteiger partial charge on any atom is 0.227 e. The number of fused-ring (bicyclic) bond motifs is 1. The van der Waals surface area contributed by atoms with E-state index in [0.29, 0.717) is 18.7 Å². The van der Waals surface area contributed by atoms with Crippen molar-refractivity contribution in [1.82, 2.24) is 9.80 Å². The van der Waals surface area contributed by atoms with Crippen LogP contribution in [0.15, 0.2) is 18.2 Å². The minimum atomic E-state index is 0.0273. The first-order valence-electron chi connectivity index (χ1n) is 8.27. The Hall–Kier alpha value is -1.75. The zero-order valence-electron chi connectivity index (χ0n) is 14.9. The maximum absolute atomic E-state index is 12.7. The highest BCUT2D eigenvalue weighted by Gasteiger charge is 2.29. The summed E-state index contributed by atoms with van der Waals surface area (Å²) in [5.74, 6) is 1.15. The molecule has 0 spiro atoms. The molecule has 23 heavy (non-hydrogen) atoms. The van der Waals surface area contributed by atoms with Gasteiger partial charge in [-0.15, -0.1) is 0 Å². The summed E-state index contributed by atoms with van der Waals surface area (Å²) in [5, 5.41) is 0. The van der Waals surface area contributed by atoms with Crippen molar-refractivity contribution in [3.63, 3.8) is 0 Å². The molecule has 2 atom stereocenters. The molecule has 0 fully saturated rings. The molecule has 0 radical (unpaired) electrons. The Morgan fingerprint density at radius 1 is 1.39 bits per heavy atom. The summed E-state index contributed by atoms with van der Waals surface area (Å²) in [4.78, 5) is 16.8. The number of anilines is 1. The van der Waals surface area contributed by atoms with Crippen LogP contribution in [0.4, 0.5) is 5.69 Å². The molecule has 1 aromatic rings. The highest BCUT2D eigenvalue weighted by Crippen LogP contribution is 2.28. The fourth-order valence-corrected chi connectivity index (χ4v) is 3.00. The smallest absolute Gasteiger partial charge is 0.227 e. The Morgan fingerprint density at radius 2 is 2.09 bits per heavy atom. The quantitative estimate of drug-likeness (QED) is 0.866. The number of nitrogens with two attached hydrogens (primary N) is 1. The maximum atomic E-state index is 12.7. The van der Waals surface area contributed by atoms with Crippen LogP contribution in [0.3, 0.4) is 0 Å². The molecule has 5 nitrogen and oxygen atoms in total. The number of hydrogen-bond acceptors (Lipinski definition) is 4. The summed E-state index contributed by atoms with van der Waals surface area (Å²) < 4.78 is 6.30. The number of nitrogen functional groups attached to an aromatic ring is 1. The van der Waals surface area contributed by atoms with Crippen LogP contribution in [0.5, 0.6) is 5.75 Å². The Labute approximate surface area is 139 Å². The topological polar surface area (TPSA) is 58.8 Å². The van der Waals surface area contributed by atoms with Crippen LogP contribution in [0.1, 0.15) is 26.3 Å². The molecule has 2 unspecified atom stereocenters. The third kappa shape index (κ3) is 4.38. The second-order valence-corrected chi connectivity index (χ2v) is 7.08. The molecular weight excluding hydrogens is 290 g/mol. The van der Waals surface area contributed by atoms with E-state index < -0.39 is 0 Å². The van der Waals surface area contributed by atoms with Crippen molar-refractivity contribution in [1.29, 1.82) is 0 Å². The second kappa shape index (κ2) is 7.21. The largest absolute Gasteiger partial charge is 0.488 e. The van der Waals surface area contributed by atoms with Gasteiger partial charge in [-0.05, 0) is 46.1 Å². The summed E-state index contributed by atoms with van der Waals surface area (Å²) >= 11 is 0. The monoisotopic (exact) mass is 319 g/mol. The highest BCUT2D eigenvalue weighted by atomic mass is 16.5. The molecule has 1 aromatic carbocycles. The van der Waals surface area contributed by atoms with Gasteiger partial charge in [-0.1, -0.05) is 6.92 Å². The van der Waals surface area contributed by atoms with Crippen molar-refractivity contribution in [3.05, 3.63) is 23.8 Å². The van der Waals surface area contributed by atoms with Crippen LogP contribution < -0.4 is 10.5 Å². The molecule has 1 amide bonds. The first kappa shape index (κ1) is 17.6. The predicted molar refractivity (Wildman–Crippen MR) is 93.5 cm³/mol. The molecule has 1 aliphatic rings. The first-order valence-corrected chi connectivity index (χ1v) is 8.27. The van der Waals surface area contributed by atoms with Crippen LogP contribution in [0, 0.1) is 5.92 Å². The van der Waals surface area contributed by atoms with Gasteiger partial charge in [0, 0.05) is 36.3 Å². The van der Waals surface area contributed by atoms with Crippen molar-refractivity contribution >= 4 is 11.6 Å². The SMILES string of the molecule is CC1CN(C(C)C)C(=O)Cc2cc(N)ccc2OC1CN(C)C. The third-order valence-corrected chi connectivity index (χ3v) is 4.31. The predicted octanol–water partition coefficient (Wildman–Crippen LogP) is 2.01. The van der Waals surface area contributed by atoms with Gasteiger partial charge in [-0.25, -0.2) is 0 Å². The molecule has 0 saturated heterocycles. The minimum absolute atomic E-state index is 0.0273. The Morgan fingerprint density at radius 3 is 2.70 bits per heavy atom. The van der Waals surface area contributed by atoms with Crippen LogP contribution in [0.2, 0.25) is 0 Å². The van der Waals surface area contributed by atoms with Crippen molar-refractivity contribution in [2.75, 3.05) is 32.9 Å². The minimum Gasteiger partial charge on any atom is -0.488 e. The van der Waals surface area contributed by atoms with E-state index in [1.165, 1.54) is 0 Å². The van der Waals surface area contributed by atoms with E-state index in [2.05, 4.69) is 25.7 Å². The molecule has 0 saturated carbocycles. The number of nitrogens with zero attached hydrogens (tertiary/aromatic N) is 2. The number of carbonyl (C=O) groups excluding carboxylic acids is 1. The summed E-state index contributed by atoms with van der Waals surface area (Å²) in [7, 11) is 4.08. The molecule has 2 rings (SSSR count). The lowest BCUT2D eigenvalue weighted by molar-refractivity contribution is -0.133. The van der Waals surface area contributed by atoms with E-state index in [1.807, 2.05) is 37.2 Å². The van der Waals surface area contributed by atoms with Gasteiger partial charge in [0.2, 0.25) is 5.91 Å². The van der Waals surface area contributed by atoms with Gasteiger partial charge < -0.3 is 20.3 Å². The van der Waals surface area contributed by atoms with Gasteiger partial charge in [0.15, 0.2) is 0 Å². The molecule has 2 N–H and O–H groups in total. The molecule has 1 heterocycles. The van der Waals surface area contributed by atoms with Gasteiger partial charge in [0.05, 0.1) is 6.42 Å². The standard InChI is InChI=1S/C18H29N3O2/c1-12(2)21-10-13(3)17(11-20(4)5)23-16-7-6-15(19)8-14(16)9-18(21)22/h6-8,12-13,17H,9-11,19H2,1-5H3. The molecule has 0 bridgehead atoms. The summed E-state index contributed by atoms with van der Waals surface area (Å²) in [6, 6.07) is 5.75. The van der Waals surface area contributed by atoms with Crippen molar-refractivity contribution in [2.45, 2.75) is 39.3 Å². The first-order chi connectivity index (χ1) is 10.8. The second-order valence-electron chi connectivity index (χ2n) is 7.08. The number of likely N-dealkylation sites (N-methyl/N-ethyl adjacent to an activating group) is 1. The fraction of sp³-hybridized carbons (Fsp3) is 0.611. The third-order valence-electron chi connectivity index (χ3n) is 4.31. The Kier molecular flexibility index (Phi) is 5.52. The molecule has 0 aliphatic carbocycles. The van der Waals surface area contributed by atoms with E-state index >= 15 is 0 Å². The van der Waals surface area contributed by atoms with Crippen LogP contribution in [0.25, 0.3) is 0 Å². The Balaban J connectivity index is 2.41. The molecule has 128 valence electrons. The van der Waals surface area contributed by atoms with Gasteiger partial charge in [0.25, 0.3) is 0 Å². The number of hydrogen-bond donors (Lipinski definition) is 1. The number of ether oxygens (including phenoxy) is 1. The Bertz CT molecular complexity index is 557. The molecular formula is C18H29N3O2. The average Bonchev–Trinajstić information content (AvgIpc) is 2.48. The number of benzene rings is 1. The molecule has 0 aromatic heterocycles. The zero-order valence-corrected chi connectivity index (χ0v) is 14.9. The number of amides is 1. The lowest BCUT2D eigenvalue weighted by Gasteiger charge is -2.32. The van der Waals surface area contributed by atoms with Gasteiger partial charge in [-0.2, -0.15) is 0 Å². The average molecular weight is 319 g/mol. The molecule has 5 heteroatoms. The lowest BCUT2D eigenvalue weighted by Crippen LogP contribution is -2.45. The summed E-state index contributed by atoms with van der Waals surface area (Å²) in [5.41, 5.74) is 7.44. The van der Waals surface area contributed by atoms with Crippen molar-refractivity contribution in [2.24, 2.45) is 5.92 Å². The normalized spacial score (nSPS) is 22.4. The zero-order chi connectivity index (χ0) is 17.1. The van der Waals surface area contributed by atoms with Crippen LogP contribution in [-0.2, 0) is 11.2 Å². The van der Waals surface area contributed by atoms with E-state index in [1.54, 1.807) is 0 Å². The fourth-order valence-electron chi connectivity index (χ4n) is 3.00.